The van der Waals surface area contributed by atoms with Crippen molar-refractivity contribution in [3.63, 3.8) is 0 Å². The zero-order valence-corrected chi connectivity index (χ0v) is 23.2. The number of rotatable bonds is 17. The summed E-state index contributed by atoms with van der Waals surface area (Å²) in [6.45, 7) is 8.98. The summed E-state index contributed by atoms with van der Waals surface area (Å²) in [5.41, 5.74) is 1.75. The van der Waals surface area contributed by atoms with Gasteiger partial charge in [0.2, 0.25) is 0 Å². The van der Waals surface area contributed by atoms with Crippen LogP contribution in [-0.2, 0) is 4.79 Å². The molecule has 1 aromatic heterocycles. The van der Waals surface area contributed by atoms with E-state index in [4.69, 9.17) is 6.42 Å². The minimum atomic E-state index is -1.09. The molecule has 0 amide bonds. The zero-order chi connectivity index (χ0) is 28.0. The van der Waals surface area contributed by atoms with Gasteiger partial charge in [0.25, 0.3) is 0 Å². The lowest BCUT2D eigenvalue weighted by atomic mass is 9.71. The molecule has 4 N–H and O–H groups in total. The van der Waals surface area contributed by atoms with E-state index in [0.29, 0.717) is 19.3 Å². The molecule has 0 spiro atoms. The van der Waals surface area contributed by atoms with Crippen molar-refractivity contribution in [3.05, 3.63) is 47.3 Å². The van der Waals surface area contributed by atoms with E-state index in [0.717, 1.165) is 30.5 Å². The smallest absolute Gasteiger partial charge is 0.146 e. The lowest BCUT2D eigenvalue weighted by molar-refractivity contribution is -0.143. The van der Waals surface area contributed by atoms with Crippen LogP contribution in [0, 0.1) is 29.6 Å². The predicted molar refractivity (Wildman–Crippen MR) is 149 cm³/mol. The zero-order valence-electron chi connectivity index (χ0n) is 23.2. The Hall–Kier alpha value is -2.30. The number of aromatic nitrogens is 1. The Balaban J connectivity index is 2.68. The molecule has 5 unspecified atom stereocenters. The monoisotopic (exact) mass is 513 g/mol. The van der Waals surface area contributed by atoms with Crippen LogP contribution < -0.4 is 0 Å². The van der Waals surface area contributed by atoms with Crippen molar-refractivity contribution in [3.8, 4) is 12.3 Å². The van der Waals surface area contributed by atoms with E-state index < -0.39 is 29.6 Å². The number of hydrogen-bond donors (Lipinski definition) is 4. The molecule has 0 aliphatic carbocycles. The molecule has 0 aromatic carbocycles. The van der Waals surface area contributed by atoms with Crippen LogP contribution in [0.25, 0.3) is 6.08 Å². The van der Waals surface area contributed by atoms with E-state index >= 15 is 0 Å². The second kappa shape index (κ2) is 16.5. The van der Waals surface area contributed by atoms with Crippen molar-refractivity contribution >= 4 is 11.9 Å². The molecule has 0 aliphatic heterocycles. The van der Waals surface area contributed by atoms with Crippen LogP contribution in [-0.4, -0.2) is 56.1 Å². The molecule has 0 bridgehead atoms. The number of carbonyl (C=O) groups excluding carboxylic acids is 1. The van der Waals surface area contributed by atoms with Gasteiger partial charge in [0, 0.05) is 30.6 Å². The second-order valence-corrected chi connectivity index (χ2v) is 10.8. The van der Waals surface area contributed by atoms with Crippen LogP contribution in [0.1, 0.15) is 85.3 Å². The summed E-state index contributed by atoms with van der Waals surface area (Å²) in [4.78, 5) is 17.6. The number of nitrogens with zero attached hydrogens (tertiary/aromatic N) is 1. The maximum Gasteiger partial charge on any atom is 0.146 e. The lowest BCUT2D eigenvalue weighted by Gasteiger charge is -2.35. The average Bonchev–Trinajstić information content (AvgIpc) is 2.87. The molecule has 0 radical (unpaired) electrons. The van der Waals surface area contributed by atoms with Gasteiger partial charge in [0.1, 0.15) is 5.78 Å². The number of carbonyl (C=O) groups is 1. The van der Waals surface area contributed by atoms with Crippen molar-refractivity contribution in [1.29, 1.82) is 0 Å². The minimum Gasteiger partial charge on any atom is -0.396 e. The summed E-state index contributed by atoms with van der Waals surface area (Å²) in [7, 11) is 0. The summed E-state index contributed by atoms with van der Waals surface area (Å²) in [6, 6.07) is 5.67. The van der Waals surface area contributed by atoms with Crippen LogP contribution in [0.3, 0.4) is 0 Å². The van der Waals surface area contributed by atoms with Gasteiger partial charge < -0.3 is 20.4 Å². The molecule has 0 fully saturated rings. The Labute approximate surface area is 223 Å². The Kier molecular flexibility index (Phi) is 14.6. The summed E-state index contributed by atoms with van der Waals surface area (Å²) >= 11 is 0. The molecule has 37 heavy (non-hydrogen) atoms. The fourth-order valence-corrected chi connectivity index (χ4v) is 4.48. The van der Waals surface area contributed by atoms with Gasteiger partial charge >= 0.3 is 0 Å². The highest BCUT2D eigenvalue weighted by Crippen LogP contribution is 2.33. The average molecular weight is 514 g/mol. The maximum absolute atomic E-state index is 13.3. The summed E-state index contributed by atoms with van der Waals surface area (Å²) in [5.74, 6) is 1.54. The van der Waals surface area contributed by atoms with Crippen LogP contribution in [0.2, 0.25) is 0 Å². The highest BCUT2D eigenvalue weighted by atomic mass is 16.3. The van der Waals surface area contributed by atoms with Crippen molar-refractivity contribution in [2.45, 2.75) is 97.9 Å². The lowest BCUT2D eigenvalue weighted by Crippen LogP contribution is -2.46. The number of hydrogen-bond acceptors (Lipinski definition) is 6. The summed E-state index contributed by atoms with van der Waals surface area (Å²) in [5, 5.41) is 41.2. The Morgan fingerprint density at radius 2 is 1.86 bits per heavy atom. The van der Waals surface area contributed by atoms with Crippen molar-refractivity contribution in [2.75, 3.05) is 6.61 Å². The number of aliphatic hydroxyl groups excluding tert-OH is 4. The highest BCUT2D eigenvalue weighted by molar-refractivity contribution is 5.87. The van der Waals surface area contributed by atoms with Crippen LogP contribution in [0.5, 0.6) is 0 Å². The molecule has 1 heterocycles. The third-order valence-electron chi connectivity index (χ3n) is 7.31. The molecule has 6 heteroatoms. The van der Waals surface area contributed by atoms with E-state index in [2.05, 4.69) is 10.9 Å². The van der Waals surface area contributed by atoms with Gasteiger partial charge in [0.15, 0.2) is 0 Å². The molecule has 0 saturated heterocycles. The minimum absolute atomic E-state index is 0.102. The van der Waals surface area contributed by atoms with Crippen LogP contribution in [0.15, 0.2) is 41.6 Å². The topological polar surface area (TPSA) is 111 Å². The molecule has 0 saturated carbocycles. The fraction of sp³-hybridized carbons (Fsp3) is 0.613. The van der Waals surface area contributed by atoms with E-state index in [9.17, 15) is 25.2 Å². The van der Waals surface area contributed by atoms with Gasteiger partial charge in [-0.05, 0) is 82.1 Å². The van der Waals surface area contributed by atoms with Crippen molar-refractivity contribution < 1.29 is 25.2 Å². The first-order chi connectivity index (χ1) is 17.4. The highest BCUT2D eigenvalue weighted by Gasteiger charge is 2.42. The molecule has 6 nitrogen and oxygen atoms in total. The number of allylic oxidation sites excluding steroid dienone is 1. The van der Waals surface area contributed by atoms with Gasteiger partial charge in [-0.1, -0.05) is 38.5 Å². The Morgan fingerprint density at radius 3 is 2.46 bits per heavy atom. The molecular weight excluding hydrogens is 466 g/mol. The van der Waals surface area contributed by atoms with Gasteiger partial charge in [-0.2, -0.15) is 0 Å². The first-order valence-electron chi connectivity index (χ1n) is 13.3. The van der Waals surface area contributed by atoms with E-state index in [-0.39, 0.29) is 24.7 Å². The number of terminal acetylenes is 1. The van der Waals surface area contributed by atoms with Crippen molar-refractivity contribution in [2.24, 2.45) is 17.3 Å². The Bertz CT molecular complexity index is 915. The van der Waals surface area contributed by atoms with E-state index in [1.54, 1.807) is 20.0 Å². The third-order valence-corrected chi connectivity index (χ3v) is 7.31. The number of ketones is 1. The summed E-state index contributed by atoms with van der Waals surface area (Å²) < 4.78 is 0. The largest absolute Gasteiger partial charge is 0.396 e. The molecule has 5 atom stereocenters. The molecule has 0 aliphatic rings. The quantitative estimate of drug-likeness (QED) is 0.177. The van der Waals surface area contributed by atoms with Gasteiger partial charge in [0.05, 0.1) is 24.0 Å². The van der Waals surface area contributed by atoms with Crippen LogP contribution in [0.4, 0.5) is 0 Å². The fourth-order valence-electron chi connectivity index (χ4n) is 4.48. The normalized spacial score (nSPS) is 17.0. The maximum atomic E-state index is 13.3. The first kappa shape index (κ1) is 32.7. The second-order valence-electron chi connectivity index (χ2n) is 10.8. The molecular formula is C31H47NO5. The number of Topliss-reactive ketones (excluding diaryl/α,β-unsaturated/α-hetero) is 1. The van der Waals surface area contributed by atoms with Gasteiger partial charge in [-0.25, -0.2) is 0 Å². The van der Waals surface area contributed by atoms with Gasteiger partial charge in [-0.15, -0.1) is 12.3 Å². The first-order valence-corrected chi connectivity index (χ1v) is 13.3. The molecule has 1 aromatic rings. The standard InChI is InChI=1S/C31H47NO5/c1-7-8-15-26(30(37)31(5,6)28(35)18-20-33)29(36)23(3)13-11-12-22(2)16-17-27(34)24(4)21-25-14-9-10-19-32-25/h1,9-10,14,16,19,21,23,26-29,33-36H,8,11-13,15,17-18,20H2,2-6H3. The number of aliphatic hydroxyl groups is 4. The predicted octanol–water partition coefficient (Wildman–Crippen LogP) is 4.72. The van der Waals surface area contributed by atoms with Crippen LogP contribution >= 0.6 is 0 Å². The van der Waals surface area contributed by atoms with Gasteiger partial charge in [-0.3, -0.25) is 9.78 Å². The molecule has 206 valence electrons. The van der Waals surface area contributed by atoms with Crippen molar-refractivity contribution in [1.82, 2.24) is 4.98 Å². The number of pyridine rings is 1. The van der Waals surface area contributed by atoms with E-state index in [1.807, 2.05) is 51.1 Å². The summed E-state index contributed by atoms with van der Waals surface area (Å²) in [6.07, 6.45) is 12.4. The third kappa shape index (κ3) is 10.9. The SMILES string of the molecule is C#CCCC(C(=O)C(C)(C)C(O)CCO)C(O)C(C)CCCC(C)=CCC(O)C(C)=Cc1ccccn1. The molecule has 1 rings (SSSR count). The Morgan fingerprint density at radius 1 is 1.16 bits per heavy atom. The van der Waals surface area contributed by atoms with E-state index in [1.165, 1.54) is 5.57 Å².